The number of thiophene rings is 1. The van der Waals surface area contributed by atoms with Crippen molar-refractivity contribution in [1.29, 1.82) is 0 Å². The van der Waals surface area contributed by atoms with Crippen LogP contribution in [0.5, 0.6) is 0 Å². The molecule has 1 atom stereocenters. The summed E-state index contributed by atoms with van der Waals surface area (Å²) in [7, 11) is 0. The van der Waals surface area contributed by atoms with Crippen LogP contribution in [0.15, 0.2) is 36.4 Å². The Hall–Kier alpha value is -1.65. The standard InChI is InChI=1S/C16H15ClN2OS/c1-3-15-18-11-6-4-5-7-12(11)19(15)10(2)16(20)13-8-9-14(17)21-13/h4-10H,3H2,1-2H3. The van der Waals surface area contributed by atoms with Gasteiger partial charge < -0.3 is 4.57 Å². The van der Waals surface area contributed by atoms with Gasteiger partial charge in [-0.05, 0) is 31.2 Å². The molecule has 0 aliphatic rings. The summed E-state index contributed by atoms with van der Waals surface area (Å²) in [4.78, 5) is 18.0. The van der Waals surface area contributed by atoms with E-state index in [9.17, 15) is 4.79 Å². The molecule has 0 spiro atoms. The Labute approximate surface area is 132 Å². The van der Waals surface area contributed by atoms with Gasteiger partial charge in [0, 0.05) is 6.42 Å². The molecule has 0 radical (unpaired) electrons. The third-order valence-electron chi connectivity index (χ3n) is 3.57. The van der Waals surface area contributed by atoms with Crippen molar-refractivity contribution in [3.63, 3.8) is 0 Å². The second-order valence-electron chi connectivity index (χ2n) is 4.88. The number of benzene rings is 1. The topological polar surface area (TPSA) is 34.9 Å². The Morgan fingerprint density at radius 1 is 1.33 bits per heavy atom. The Bertz CT molecular complexity index is 806. The molecule has 21 heavy (non-hydrogen) atoms. The lowest BCUT2D eigenvalue weighted by Crippen LogP contribution is -2.17. The SMILES string of the molecule is CCc1nc2ccccc2n1C(C)C(=O)c1ccc(Cl)s1. The number of imidazole rings is 1. The highest BCUT2D eigenvalue weighted by Gasteiger charge is 2.23. The molecule has 1 aromatic carbocycles. The first-order valence-electron chi connectivity index (χ1n) is 6.87. The number of nitrogens with zero attached hydrogens (tertiary/aromatic N) is 2. The van der Waals surface area contributed by atoms with E-state index in [0.29, 0.717) is 9.21 Å². The van der Waals surface area contributed by atoms with Crippen LogP contribution in [-0.2, 0) is 6.42 Å². The van der Waals surface area contributed by atoms with Gasteiger partial charge in [0.25, 0.3) is 0 Å². The van der Waals surface area contributed by atoms with Gasteiger partial charge in [0.2, 0.25) is 0 Å². The van der Waals surface area contributed by atoms with E-state index in [1.807, 2.05) is 35.8 Å². The van der Waals surface area contributed by atoms with Gasteiger partial charge in [0.15, 0.2) is 5.78 Å². The minimum Gasteiger partial charge on any atom is -0.317 e. The molecule has 0 fully saturated rings. The van der Waals surface area contributed by atoms with Gasteiger partial charge >= 0.3 is 0 Å². The first-order chi connectivity index (χ1) is 10.1. The highest BCUT2D eigenvalue weighted by Crippen LogP contribution is 2.28. The van der Waals surface area contributed by atoms with Crippen molar-refractivity contribution in [2.45, 2.75) is 26.3 Å². The number of halogens is 1. The molecule has 0 saturated heterocycles. The van der Waals surface area contributed by atoms with E-state index in [2.05, 4.69) is 11.9 Å². The molecule has 2 aromatic heterocycles. The molecule has 0 saturated carbocycles. The molecular weight excluding hydrogens is 304 g/mol. The molecular formula is C16H15ClN2OS. The lowest BCUT2D eigenvalue weighted by Gasteiger charge is -2.15. The van der Waals surface area contributed by atoms with E-state index in [-0.39, 0.29) is 11.8 Å². The van der Waals surface area contributed by atoms with Crippen LogP contribution in [0.1, 0.15) is 35.4 Å². The molecule has 0 amide bonds. The molecule has 0 aliphatic heterocycles. The Morgan fingerprint density at radius 3 is 2.76 bits per heavy atom. The minimum absolute atomic E-state index is 0.0738. The largest absolute Gasteiger partial charge is 0.317 e. The van der Waals surface area contributed by atoms with Crippen molar-refractivity contribution in [3.05, 3.63) is 51.4 Å². The molecule has 1 unspecified atom stereocenters. The highest BCUT2D eigenvalue weighted by molar-refractivity contribution is 7.18. The van der Waals surface area contributed by atoms with Gasteiger partial charge in [0.05, 0.1) is 26.3 Å². The van der Waals surface area contributed by atoms with Crippen LogP contribution in [0.25, 0.3) is 11.0 Å². The number of fused-ring (bicyclic) bond motifs is 1. The van der Waals surface area contributed by atoms with Crippen LogP contribution >= 0.6 is 22.9 Å². The van der Waals surface area contributed by atoms with Crippen LogP contribution < -0.4 is 0 Å². The number of carbonyl (C=O) groups is 1. The predicted octanol–water partition coefficient (Wildman–Crippen LogP) is 4.76. The van der Waals surface area contributed by atoms with E-state index in [1.54, 1.807) is 12.1 Å². The number of hydrogen-bond donors (Lipinski definition) is 0. The molecule has 108 valence electrons. The average Bonchev–Trinajstić information content (AvgIpc) is 3.08. The molecule has 3 aromatic rings. The average molecular weight is 319 g/mol. The maximum Gasteiger partial charge on any atom is 0.195 e. The van der Waals surface area contributed by atoms with Crippen LogP contribution in [-0.4, -0.2) is 15.3 Å². The van der Waals surface area contributed by atoms with Crippen molar-refractivity contribution in [3.8, 4) is 0 Å². The first kappa shape index (κ1) is 14.3. The summed E-state index contributed by atoms with van der Waals surface area (Å²) in [5.74, 6) is 1.00. The Morgan fingerprint density at radius 2 is 2.10 bits per heavy atom. The van der Waals surface area contributed by atoms with Crippen LogP contribution in [0, 0.1) is 0 Å². The van der Waals surface area contributed by atoms with Crippen LogP contribution in [0.4, 0.5) is 0 Å². The zero-order valence-electron chi connectivity index (χ0n) is 11.8. The van der Waals surface area contributed by atoms with Gasteiger partial charge in [-0.25, -0.2) is 4.98 Å². The van der Waals surface area contributed by atoms with Gasteiger partial charge in [-0.2, -0.15) is 0 Å². The fraction of sp³-hybridized carbons (Fsp3) is 0.250. The number of Topliss-reactive ketones (excluding diaryl/α,β-unsaturated/α-hetero) is 1. The molecule has 2 heterocycles. The lowest BCUT2D eigenvalue weighted by atomic mass is 10.1. The molecule has 3 nitrogen and oxygen atoms in total. The lowest BCUT2D eigenvalue weighted by molar-refractivity contribution is 0.0939. The van der Waals surface area contributed by atoms with E-state index < -0.39 is 0 Å². The van der Waals surface area contributed by atoms with Crippen molar-refractivity contribution >= 4 is 39.8 Å². The van der Waals surface area contributed by atoms with Crippen molar-refractivity contribution in [2.75, 3.05) is 0 Å². The summed E-state index contributed by atoms with van der Waals surface area (Å²) in [6.45, 7) is 3.97. The fourth-order valence-corrected chi connectivity index (χ4v) is 3.61. The number of para-hydroxylation sites is 2. The fourth-order valence-electron chi connectivity index (χ4n) is 2.55. The van der Waals surface area contributed by atoms with Gasteiger partial charge in [-0.15, -0.1) is 11.3 Å². The summed E-state index contributed by atoms with van der Waals surface area (Å²) < 4.78 is 2.67. The van der Waals surface area contributed by atoms with Gasteiger partial charge in [0.1, 0.15) is 5.82 Å². The number of rotatable bonds is 4. The smallest absolute Gasteiger partial charge is 0.195 e. The number of aromatic nitrogens is 2. The second kappa shape index (κ2) is 5.62. The van der Waals surface area contributed by atoms with Crippen LogP contribution in [0.2, 0.25) is 4.34 Å². The number of hydrogen-bond acceptors (Lipinski definition) is 3. The van der Waals surface area contributed by atoms with E-state index in [1.165, 1.54) is 11.3 Å². The quantitative estimate of drug-likeness (QED) is 0.650. The highest BCUT2D eigenvalue weighted by atomic mass is 35.5. The number of carbonyl (C=O) groups excluding carboxylic acids is 1. The van der Waals surface area contributed by atoms with E-state index in [4.69, 9.17) is 11.6 Å². The normalized spacial score (nSPS) is 12.7. The third-order valence-corrected chi connectivity index (χ3v) is 4.81. The number of ketones is 1. The first-order valence-corrected chi connectivity index (χ1v) is 8.06. The minimum atomic E-state index is -0.290. The second-order valence-corrected chi connectivity index (χ2v) is 6.60. The maximum absolute atomic E-state index is 12.7. The zero-order valence-corrected chi connectivity index (χ0v) is 13.4. The van der Waals surface area contributed by atoms with Gasteiger partial charge in [-0.3, -0.25) is 4.79 Å². The number of aryl methyl sites for hydroxylation is 1. The monoisotopic (exact) mass is 318 g/mol. The molecule has 0 bridgehead atoms. The predicted molar refractivity (Wildman–Crippen MR) is 87.5 cm³/mol. The zero-order chi connectivity index (χ0) is 15.0. The molecule has 0 N–H and O–H groups in total. The Kier molecular flexibility index (Phi) is 3.83. The summed E-state index contributed by atoms with van der Waals surface area (Å²) in [6.07, 6.45) is 0.789. The van der Waals surface area contributed by atoms with Crippen molar-refractivity contribution in [2.24, 2.45) is 0 Å². The summed E-state index contributed by atoms with van der Waals surface area (Å²) in [6, 6.07) is 11.2. The van der Waals surface area contributed by atoms with Crippen LogP contribution in [0.3, 0.4) is 0 Å². The molecule has 5 heteroatoms. The summed E-state index contributed by atoms with van der Waals surface area (Å²) >= 11 is 7.26. The molecule has 3 rings (SSSR count). The summed E-state index contributed by atoms with van der Waals surface area (Å²) in [5, 5.41) is 0. The Balaban J connectivity index is 2.08. The summed E-state index contributed by atoms with van der Waals surface area (Å²) in [5.41, 5.74) is 1.93. The van der Waals surface area contributed by atoms with E-state index in [0.717, 1.165) is 23.3 Å². The third kappa shape index (κ3) is 2.49. The van der Waals surface area contributed by atoms with E-state index >= 15 is 0 Å². The van der Waals surface area contributed by atoms with Crippen molar-refractivity contribution < 1.29 is 4.79 Å². The molecule has 0 aliphatic carbocycles. The maximum atomic E-state index is 12.7. The van der Waals surface area contributed by atoms with Crippen molar-refractivity contribution in [1.82, 2.24) is 9.55 Å². The van der Waals surface area contributed by atoms with Gasteiger partial charge in [-0.1, -0.05) is 30.7 Å².